The highest BCUT2D eigenvalue weighted by Gasteiger charge is 2.09. The highest BCUT2D eigenvalue weighted by Crippen LogP contribution is 2.12. The number of nitrogens with zero attached hydrogens (tertiary/aromatic N) is 2. The van der Waals surface area contributed by atoms with Gasteiger partial charge in [-0.1, -0.05) is 5.16 Å². The van der Waals surface area contributed by atoms with Crippen molar-refractivity contribution in [1.82, 2.24) is 4.90 Å². The number of oxime groups is 1. The van der Waals surface area contributed by atoms with Gasteiger partial charge in [-0.05, 0) is 24.3 Å². The Morgan fingerprint density at radius 1 is 1.40 bits per heavy atom. The van der Waals surface area contributed by atoms with Gasteiger partial charge in [0.1, 0.15) is 5.75 Å². The summed E-state index contributed by atoms with van der Waals surface area (Å²) in [6.07, 6.45) is 0. The Morgan fingerprint density at radius 2 is 2.05 bits per heavy atom. The maximum absolute atomic E-state index is 11.7. The smallest absolute Gasteiger partial charge is 0.260 e. The summed E-state index contributed by atoms with van der Waals surface area (Å²) in [5, 5.41) is 11.4. The van der Waals surface area contributed by atoms with Crippen LogP contribution in [0.1, 0.15) is 5.56 Å². The second-order valence-electron chi connectivity index (χ2n) is 4.11. The van der Waals surface area contributed by atoms with Crippen molar-refractivity contribution in [2.24, 2.45) is 10.9 Å². The molecule has 7 heteroatoms. The van der Waals surface area contributed by atoms with Crippen molar-refractivity contribution in [3.8, 4) is 5.75 Å². The highest BCUT2D eigenvalue weighted by molar-refractivity contribution is 5.97. The van der Waals surface area contributed by atoms with E-state index in [9.17, 15) is 4.79 Å². The minimum Gasteiger partial charge on any atom is -0.484 e. The number of amides is 1. The topological polar surface area (TPSA) is 97.4 Å². The quantitative estimate of drug-likeness (QED) is 0.323. The number of hydrogen-bond donors (Lipinski definition) is 2. The molecule has 0 aliphatic carbocycles. The monoisotopic (exact) mass is 281 g/mol. The summed E-state index contributed by atoms with van der Waals surface area (Å²) in [4.78, 5) is 13.3. The zero-order chi connectivity index (χ0) is 15.0. The Balaban J connectivity index is 2.47. The van der Waals surface area contributed by atoms with E-state index in [-0.39, 0.29) is 18.3 Å². The summed E-state index contributed by atoms with van der Waals surface area (Å²) >= 11 is 0. The second kappa shape index (κ2) is 8.00. The van der Waals surface area contributed by atoms with E-state index >= 15 is 0 Å². The summed E-state index contributed by atoms with van der Waals surface area (Å²) < 4.78 is 10.3. The van der Waals surface area contributed by atoms with Gasteiger partial charge in [-0.15, -0.1) is 0 Å². The van der Waals surface area contributed by atoms with Crippen molar-refractivity contribution in [3.63, 3.8) is 0 Å². The van der Waals surface area contributed by atoms with Crippen molar-refractivity contribution in [2.75, 3.05) is 33.9 Å². The average Bonchev–Trinajstić information content (AvgIpc) is 2.49. The van der Waals surface area contributed by atoms with Crippen molar-refractivity contribution in [3.05, 3.63) is 29.8 Å². The molecule has 0 aliphatic rings. The molecular weight excluding hydrogens is 262 g/mol. The molecule has 0 aromatic heterocycles. The standard InChI is InChI=1S/C13H19N3O4/c1-16(7-8-19-2)12(17)9-20-11-5-3-10(4-6-11)13(14)15-18/h3-6,18H,7-9H2,1-2H3,(H2,14,15). The summed E-state index contributed by atoms with van der Waals surface area (Å²) in [7, 11) is 3.27. The lowest BCUT2D eigenvalue weighted by Gasteiger charge is -2.16. The first-order chi connectivity index (χ1) is 9.58. The third-order valence-electron chi connectivity index (χ3n) is 2.68. The van der Waals surface area contributed by atoms with Crippen LogP contribution in [0.2, 0.25) is 0 Å². The molecule has 0 radical (unpaired) electrons. The normalized spacial score (nSPS) is 11.2. The maximum atomic E-state index is 11.7. The Bertz CT molecular complexity index is 459. The molecule has 20 heavy (non-hydrogen) atoms. The van der Waals surface area contributed by atoms with Crippen LogP contribution < -0.4 is 10.5 Å². The molecule has 1 aromatic rings. The zero-order valence-corrected chi connectivity index (χ0v) is 11.6. The molecule has 7 nitrogen and oxygen atoms in total. The molecule has 0 saturated carbocycles. The number of amidine groups is 1. The molecular formula is C13H19N3O4. The number of rotatable bonds is 7. The molecule has 0 heterocycles. The predicted octanol–water partition coefficient (Wildman–Crippen LogP) is 0.265. The molecule has 110 valence electrons. The lowest BCUT2D eigenvalue weighted by molar-refractivity contribution is -0.132. The minimum absolute atomic E-state index is 0.0203. The number of carbonyl (C=O) groups is 1. The fraction of sp³-hybridized carbons (Fsp3) is 0.385. The van der Waals surface area contributed by atoms with Gasteiger partial charge in [0.15, 0.2) is 12.4 Å². The van der Waals surface area contributed by atoms with Gasteiger partial charge < -0.3 is 25.3 Å². The molecule has 1 aromatic carbocycles. The molecule has 1 amide bonds. The SMILES string of the molecule is COCCN(C)C(=O)COc1ccc(C(N)=NO)cc1. The first-order valence-corrected chi connectivity index (χ1v) is 6.02. The van der Waals surface area contributed by atoms with E-state index in [0.29, 0.717) is 24.5 Å². The fourth-order valence-corrected chi connectivity index (χ4v) is 1.39. The Labute approximate surface area is 117 Å². The summed E-state index contributed by atoms with van der Waals surface area (Å²) in [6.45, 7) is 0.945. The van der Waals surface area contributed by atoms with Crippen molar-refractivity contribution >= 4 is 11.7 Å². The van der Waals surface area contributed by atoms with Gasteiger partial charge in [0, 0.05) is 26.3 Å². The zero-order valence-electron chi connectivity index (χ0n) is 11.6. The first kappa shape index (κ1) is 15.8. The third kappa shape index (κ3) is 4.77. The highest BCUT2D eigenvalue weighted by atomic mass is 16.5. The van der Waals surface area contributed by atoms with Gasteiger partial charge in [0.25, 0.3) is 5.91 Å². The van der Waals surface area contributed by atoms with Crippen LogP contribution in [0, 0.1) is 0 Å². The van der Waals surface area contributed by atoms with Gasteiger partial charge in [-0.25, -0.2) is 0 Å². The molecule has 3 N–H and O–H groups in total. The number of benzene rings is 1. The summed E-state index contributed by atoms with van der Waals surface area (Å²) in [5.74, 6) is 0.419. The van der Waals surface area contributed by atoms with Crippen LogP contribution in [-0.4, -0.2) is 55.8 Å². The van der Waals surface area contributed by atoms with Crippen LogP contribution in [0.15, 0.2) is 29.4 Å². The lowest BCUT2D eigenvalue weighted by Crippen LogP contribution is -2.33. The molecule has 0 fully saturated rings. The van der Waals surface area contributed by atoms with Crippen LogP contribution in [0.3, 0.4) is 0 Å². The lowest BCUT2D eigenvalue weighted by atomic mass is 10.2. The van der Waals surface area contributed by atoms with Gasteiger partial charge in [-0.3, -0.25) is 4.79 Å². The number of hydrogen-bond acceptors (Lipinski definition) is 5. The van der Waals surface area contributed by atoms with Crippen molar-refractivity contribution < 1.29 is 19.5 Å². The molecule has 0 spiro atoms. The maximum Gasteiger partial charge on any atom is 0.260 e. The van der Waals surface area contributed by atoms with Crippen LogP contribution in [0.25, 0.3) is 0 Å². The van der Waals surface area contributed by atoms with E-state index in [1.165, 1.54) is 4.90 Å². The van der Waals surface area contributed by atoms with Crippen molar-refractivity contribution in [1.29, 1.82) is 0 Å². The van der Waals surface area contributed by atoms with E-state index in [1.807, 2.05) is 0 Å². The minimum atomic E-state index is -0.137. The van der Waals surface area contributed by atoms with Gasteiger partial charge in [0.05, 0.1) is 6.61 Å². The molecule has 0 unspecified atom stereocenters. The average molecular weight is 281 g/mol. The van der Waals surface area contributed by atoms with Crippen LogP contribution in [0.5, 0.6) is 5.75 Å². The van der Waals surface area contributed by atoms with Crippen molar-refractivity contribution in [2.45, 2.75) is 0 Å². The Kier molecular flexibility index (Phi) is 6.31. The summed E-state index contributed by atoms with van der Waals surface area (Å²) in [5.41, 5.74) is 6.01. The number of ether oxygens (including phenoxy) is 2. The predicted molar refractivity (Wildman–Crippen MR) is 74.0 cm³/mol. The molecule has 0 bridgehead atoms. The number of carbonyl (C=O) groups excluding carboxylic acids is 1. The van der Waals surface area contributed by atoms with Crippen LogP contribution in [0.4, 0.5) is 0 Å². The first-order valence-electron chi connectivity index (χ1n) is 6.02. The molecule has 0 saturated heterocycles. The second-order valence-corrected chi connectivity index (χ2v) is 4.11. The largest absolute Gasteiger partial charge is 0.484 e. The van der Waals surface area contributed by atoms with Crippen LogP contribution in [-0.2, 0) is 9.53 Å². The molecule has 0 atom stereocenters. The van der Waals surface area contributed by atoms with Gasteiger partial charge in [0.2, 0.25) is 0 Å². The van der Waals surface area contributed by atoms with Gasteiger partial charge in [-0.2, -0.15) is 0 Å². The Hall–Kier alpha value is -2.28. The Morgan fingerprint density at radius 3 is 2.60 bits per heavy atom. The van der Waals surface area contributed by atoms with E-state index in [4.69, 9.17) is 20.4 Å². The van der Waals surface area contributed by atoms with Gasteiger partial charge >= 0.3 is 0 Å². The van der Waals surface area contributed by atoms with E-state index in [2.05, 4.69) is 5.16 Å². The number of nitrogens with two attached hydrogens (primary N) is 1. The van der Waals surface area contributed by atoms with E-state index < -0.39 is 0 Å². The van der Waals surface area contributed by atoms with Crippen LogP contribution >= 0.6 is 0 Å². The number of methoxy groups -OCH3 is 1. The molecule has 1 rings (SSSR count). The van der Waals surface area contributed by atoms with E-state index in [0.717, 1.165) is 0 Å². The fourth-order valence-electron chi connectivity index (χ4n) is 1.39. The summed E-state index contributed by atoms with van der Waals surface area (Å²) in [6, 6.07) is 6.58. The van der Waals surface area contributed by atoms with E-state index in [1.54, 1.807) is 38.4 Å². The molecule has 0 aliphatic heterocycles. The number of likely N-dealkylation sites (N-methyl/N-ethyl adjacent to an activating group) is 1. The third-order valence-corrected chi connectivity index (χ3v) is 2.68.